The van der Waals surface area contributed by atoms with E-state index in [1.807, 2.05) is 11.0 Å². The lowest BCUT2D eigenvalue weighted by Gasteiger charge is -2.36. The third-order valence-electron chi connectivity index (χ3n) is 5.11. The van der Waals surface area contributed by atoms with Gasteiger partial charge in [-0.3, -0.25) is 4.79 Å². The number of hydrogen-bond acceptors (Lipinski definition) is 3. The van der Waals surface area contributed by atoms with Crippen molar-refractivity contribution < 1.29 is 18.1 Å². The van der Waals surface area contributed by atoms with Crippen molar-refractivity contribution in [2.24, 2.45) is 5.92 Å². The van der Waals surface area contributed by atoms with E-state index in [0.717, 1.165) is 26.2 Å². The van der Waals surface area contributed by atoms with Crippen molar-refractivity contribution in [2.45, 2.75) is 17.7 Å². The quantitative estimate of drug-likeness (QED) is 0.794. The van der Waals surface area contributed by atoms with Crippen LogP contribution in [-0.4, -0.2) is 69.8 Å². The fourth-order valence-corrected chi connectivity index (χ4v) is 4.94. The van der Waals surface area contributed by atoms with Gasteiger partial charge in [-0.25, -0.2) is 8.42 Å². The zero-order chi connectivity index (χ0) is 17.2. The first-order valence-corrected chi connectivity index (χ1v) is 10.1. The third kappa shape index (κ3) is 3.63. The SMILES string of the molecule is C[NH+]1CCN(C(=O)C2CCN(S(=O)(=O)c3ccccc3)CC2)CC1. The Balaban J connectivity index is 1.59. The number of hydrogen-bond donors (Lipinski definition) is 1. The van der Waals surface area contributed by atoms with Crippen LogP contribution >= 0.6 is 0 Å². The summed E-state index contributed by atoms with van der Waals surface area (Å²) in [5, 5.41) is 0. The number of carbonyl (C=O) groups is 1. The van der Waals surface area contributed by atoms with Crippen molar-refractivity contribution in [3.8, 4) is 0 Å². The van der Waals surface area contributed by atoms with Crippen molar-refractivity contribution in [3.63, 3.8) is 0 Å². The van der Waals surface area contributed by atoms with Crippen molar-refractivity contribution in [3.05, 3.63) is 30.3 Å². The number of amides is 1. The second kappa shape index (κ2) is 7.21. The van der Waals surface area contributed by atoms with Gasteiger partial charge in [0.1, 0.15) is 0 Å². The number of rotatable bonds is 3. The highest BCUT2D eigenvalue weighted by Crippen LogP contribution is 2.25. The first-order chi connectivity index (χ1) is 11.5. The van der Waals surface area contributed by atoms with Crippen LogP contribution in [0, 0.1) is 5.92 Å². The maximum Gasteiger partial charge on any atom is 0.243 e. The van der Waals surface area contributed by atoms with Gasteiger partial charge in [0.25, 0.3) is 0 Å². The van der Waals surface area contributed by atoms with E-state index in [0.29, 0.717) is 30.8 Å². The lowest BCUT2D eigenvalue weighted by molar-refractivity contribution is -0.883. The number of quaternary nitrogens is 1. The Morgan fingerprint density at radius 1 is 1.04 bits per heavy atom. The van der Waals surface area contributed by atoms with Gasteiger partial charge >= 0.3 is 0 Å². The van der Waals surface area contributed by atoms with Gasteiger partial charge in [0.2, 0.25) is 15.9 Å². The van der Waals surface area contributed by atoms with Gasteiger partial charge in [-0.1, -0.05) is 18.2 Å². The predicted molar refractivity (Wildman–Crippen MR) is 91.1 cm³/mol. The molecule has 1 amide bonds. The Hall–Kier alpha value is -1.44. The van der Waals surface area contributed by atoms with E-state index in [1.165, 1.54) is 9.21 Å². The smallest absolute Gasteiger partial charge is 0.243 e. The molecule has 132 valence electrons. The van der Waals surface area contributed by atoms with Gasteiger partial charge in [-0.05, 0) is 25.0 Å². The molecule has 1 aromatic rings. The van der Waals surface area contributed by atoms with E-state index in [4.69, 9.17) is 0 Å². The van der Waals surface area contributed by atoms with Crippen molar-refractivity contribution >= 4 is 15.9 Å². The number of piperazine rings is 1. The number of benzene rings is 1. The fourth-order valence-electron chi connectivity index (χ4n) is 3.45. The van der Waals surface area contributed by atoms with Crippen LogP contribution in [0.5, 0.6) is 0 Å². The summed E-state index contributed by atoms with van der Waals surface area (Å²) in [6, 6.07) is 8.52. The molecule has 7 heteroatoms. The number of carbonyl (C=O) groups excluding carboxylic acids is 1. The predicted octanol–water partition coefficient (Wildman–Crippen LogP) is -0.556. The number of nitrogens with zero attached hydrogens (tertiary/aromatic N) is 2. The van der Waals surface area contributed by atoms with E-state index < -0.39 is 10.0 Å². The Kier molecular flexibility index (Phi) is 5.22. The molecule has 24 heavy (non-hydrogen) atoms. The number of likely N-dealkylation sites (N-methyl/N-ethyl adjacent to an activating group) is 1. The first-order valence-electron chi connectivity index (χ1n) is 8.64. The van der Waals surface area contributed by atoms with E-state index in [1.54, 1.807) is 24.3 Å². The summed E-state index contributed by atoms with van der Waals surface area (Å²) in [7, 11) is -1.29. The maximum atomic E-state index is 12.6. The van der Waals surface area contributed by atoms with Crippen LogP contribution < -0.4 is 4.90 Å². The summed E-state index contributed by atoms with van der Waals surface area (Å²) in [5.74, 6) is 0.171. The number of piperidine rings is 1. The van der Waals surface area contributed by atoms with Gasteiger partial charge in [-0.15, -0.1) is 0 Å². The average molecular weight is 352 g/mol. The van der Waals surface area contributed by atoms with Crippen LogP contribution in [-0.2, 0) is 14.8 Å². The second-order valence-corrected chi connectivity index (χ2v) is 8.71. The molecule has 0 aliphatic carbocycles. The molecule has 0 aromatic heterocycles. The minimum atomic E-state index is -3.44. The molecule has 0 atom stereocenters. The highest BCUT2D eigenvalue weighted by atomic mass is 32.2. The molecule has 2 aliphatic heterocycles. The van der Waals surface area contributed by atoms with E-state index >= 15 is 0 Å². The monoisotopic (exact) mass is 352 g/mol. The van der Waals surface area contributed by atoms with Gasteiger partial charge in [-0.2, -0.15) is 4.31 Å². The van der Waals surface area contributed by atoms with Crippen molar-refractivity contribution in [1.29, 1.82) is 0 Å². The van der Waals surface area contributed by atoms with Crippen LogP contribution in [0.2, 0.25) is 0 Å². The molecule has 0 spiro atoms. The Bertz CT molecular complexity index is 662. The van der Waals surface area contributed by atoms with Gasteiger partial charge in [0.05, 0.1) is 38.1 Å². The fraction of sp³-hybridized carbons (Fsp3) is 0.588. The van der Waals surface area contributed by atoms with Gasteiger partial charge < -0.3 is 9.80 Å². The molecule has 3 rings (SSSR count). The molecule has 2 fully saturated rings. The lowest BCUT2D eigenvalue weighted by atomic mass is 9.96. The van der Waals surface area contributed by atoms with Crippen LogP contribution in [0.3, 0.4) is 0 Å². The molecule has 0 saturated carbocycles. The molecule has 0 radical (unpaired) electrons. The minimum Gasteiger partial charge on any atom is -0.334 e. The van der Waals surface area contributed by atoms with Gasteiger partial charge in [0.15, 0.2) is 0 Å². The maximum absolute atomic E-state index is 12.6. The number of nitrogens with one attached hydrogen (secondary N) is 1. The molecule has 0 unspecified atom stereocenters. The highest BCUT2D eigenvalue weighted by molar-refractivity contribution is 7.89. The summed E-state index contributed by atoms with van der Waals surface area (Å²) < 4.78 is 26.8. The van der Waals surface area contributed by atoms with Crippen molar-refractivity contribution in [1.82, 2.24) is 9.21 Å². The minimum absolute atomic E-state index is 0.0365. The van der Waals surface area contributed by atoms with Gasteiger partial charge in [0, 0.05) is 19.0 Å². The van der Waals surface area contributed by atoms with Crippen LogP contribution in [0.25, 0.3) is 0 Å². The van der Waals surface area contributed by atoms with Crippen molar-refractivity contribution in [2.75, 3.05) is 46.3 Å². The Morgan fingerprint density at radius 2 is 1.62 bits per heavy atom. The molecular formula is C17H26N3O3S+. The third-order valence-corrected chi connectivity index (χ3v) is 7.03. The average Bonchev–Trinajstić information content (AvgIpc) is 2.62. The standard InChI is InChI=1S/C17H25N3O3S/c1-18-11-13-19(14-12-18)17(21)15-7-9-20(10-8-15)24(22,23)16-5-3-2-4-6-16/h2-6,15H,7-14H2,1H3/p+1. The summed E-state index contributed by atoms with van der Waals surface area (Å²) in [5.41, 5.74) is 0. The highest BCUT2D eigenvalue weighted by Gasteiger charge is 2.34. The molecule has 6 nitrogen and oxygen atoms in total. The Morgan fingerprint density at radius 3 is 2.21 bits per heavy atom. The molecule has 2 heterocycles. The van der Waals surface area contributed by atoms with E-state index in [-0.39, 0.29) is 11.8 Å². The summed E-state index contributed by atoms with van der Waals surface area (Å²) >= 11 is 0. The normalized spacial score (nSPS) is 21.8. The van der Waals surface area contributed by atoms with Crippen LogP contribution in [0.15, 0.2) is 35.2 Å². The topological polar surface area (TPSA) is 62.1 Å². The molecule has 1 aromatic carbocycles. The number of sulfonamides is 1. The molecule has 1 N–H and O–H groups in total. The zero-order valence-corrected chi connectivity index (χ0v) is 15.0. The lowest BCUT2D eigenvalue weighted by Crippen LogP contribution is -3.12. The zero-order valence-electron chi connectivity index (χ0n) is 14.1. The molecule has 2 saturated heterocycles. The first kappa shape index (κ1) is 17.4. The Labute approximate surface area is 144 Å². The summed E-state index contributed by atoms with van der Waals surface area (Å²) in [6.45, 7) is 4.46. The molecule has 2 aliphatic rings. The van der Waals surface area contributed by atoms with Crippen LogP contribution in [0.4, 0.5) is 0 Å². The van der Waals surface area contributed by atoms with Crippen LogP contribution in [0.1, 0.15) is 12.8 Å². The summed E-state index contributed by atoms with van der Waals surface area (Å²) in [6.07, 6.45) is 1.23. The van der Waals surface area contributed by atoms with E-state index in [9.17, 15) is 13.2 Å². The molecule has 0 bridgehead atoms. The molecular weight excluding hydrogens is 326 g/mol. The summed E-state index contributed by atoms with van der Waals surface area (Å²) in [4.78, 5) is 16.4. The second-order valence-electron chi connectivity index (χ2n) is 6.77. The largest absolute Gasteiger partial charge is 0.334 e. The van der Waals surface area contributed by atoms with E-state index in [2.05, 4.69) is 7.05 Å².